The predicted octanol–water partition coefficient (Wildman–Crippen LogP) is 3.98. The Kier molecular flexibility index (Phi) is 7.06. The predicted molar refractivity (Wildman–Crippen MR) is 92.4 cm³/mol. The maximum Gasteiger partial charge on any atom is 0.387 e. The van der Waals surface area contributed by atoms with Crippen LogP contribution in [0.4, 0.5) is 8.78 Å². The second-order valence-corrected chi connectivity index (χ2v) is 6.74. The van der Waals surface area contributed by atoms with E-state index in [4.69, 9.17) is 0 Å². The van der Waals surface area contributed by atoms with E-state index in [1.165, 1.54) is 23.5 Å². The Morgan fingerprint density at radius 1 is 1.12 bits per heavy atom. The minimum absolute atomic E-state index is 0.0251. The number of ketones is 1. The van der Waals surface area contributed by atoms with Crippen LogP contribution in [0.5, 0.6) is 5.75 Å². The second-order valence-electron chi connectivity index (χ2n) is 5.46. The van der Waals surface area contributed by atoms with Gasteiger partial charge in [0.05, 0.1) is 4.88 Å². The Hall–Kier alpha value is -2.28. The highest BCUT2D eigenvalue weighted by molar-refractivity contribution is 7.14. The number of aryl methyl sites for hydroxylation is 1. The maximum absolute atomic E-state index is 12.1. The van der Waals surface area contributed by atoms with Gasteiger partial charge in [0.15, 0.2) is 5.78 Å². The Morgan fingerprint density at radius 3 is 2.44 bits per heavy atom. The third-order valence-corrected chi connectivity index (χ3v) is 4.52. The van der Waals surface area contributed by atoms with Gasteiger partial charge in [-0.1, -0.05) is 12.1 Å². The number of thiophene rings is 1. The Bertz CT molecular complexity index is 713. The van der Waals surface area contributed by atoms with Crippen molar-refractivity contribution < 1.29 is 23.1 Å². The molecule has 2 aromatic rings. The molecule has 0 aliphatic heterocycles. The third kappa shape index (κ3) is 6.62. The van der Waals surface area contributed by atoms with Crippen LogP contribution in [0.25, 0.3) is 0 Å². The fourth-order valence-electron chi connectivity index (χ4n) is 2.21. The molecular formula is C18H19F2NO3S. The molecule has 4 nitrogen and oxygen atoms in total. The van der Waals surface area contributed by atoms with Gasteiger partial charge in [-0.15, -0.1) is 11.3 Å². The molecule has 0 aliphatic rings. The Balaban J connectivity index is 1.67. The summed E-state index contributed by atoms with van der Waals surface area (Å²) in [6.45, 7) is -0.494. The number of amides is 1. The molecule has 0 radical (unpaired) electrons. The number of carbonyl (C=O) groups is 2. The molecule has 1 aromatic heterocycles. The van der Waals surface area contributed by atoms with Crippen molar-refractivity contribution in [2.75, 3.05) is 6.54 Å². The normalized spacial score (nSPS) is 10.7. The first-order valence-corrected chi connectivity index (χ1v) is 8.66. The van der Waals surface area contributed by atoms with Crippen LogP contribution in [-0.4, -0.2) is 24.8 Å². The minimum atomic E-state index is -2.84. The highest BCUT2D eigenvalue weighted by Gasteiger charge is 2.11. The lowest BCUT2D eigenvalue weighted by atomic mass is 10.1. The summed E-state index contributed by atoms with van der Waals surface area (Å²) in [4.78, 5) is 25.5. The summed E-state index contributed by atoms with van der Waals surface area (Å²) in [7, 11) is 0. The molecule has 2 rings (SSSR count). The van der Waals surface area contributed by atoms with E-state index in [1.807, 2.05) is 13.0 Å². The first kappa shape index (κ1) is 19.1. The van der Waals surface area contributed by atoms with Crippen molar-refractivity contribution in [1.82, 2.24) is 5.32 Å². The summed E-state index contributed by atoms with van der Waals surface area (Å²) < 4.78 is 28.4. The van der Waals surface area contributed by atoms with E-state index in [1.54, 1.807) is 18.2 Å². The van der Waals surface area contributed by atoms with Gasteiger partial charge < -0.3 is 10.1 Å². The zero-order valence-corrected chi connectivity index (χ0v) is 14.6. The van der Waals surface area contributed by atoms with Crippen molar-refractivity contribution in [3.8, 4) is 5.75 Å². The Labute approximate surface area is 148 Å². The molecule has 1 N–H and O–H groups in total. The molecule has 0 saturated heterocycles. The third-order valence-electron chi connectivity index (χ3n) is 3.48. The largest absolute Gasteiger partial charge is 0.435 e. The van der Waals surface area contributed by atoms with Gasteiger partial charge in [-0.05, 0) is 43.2 Å². The molecule has 25 heavy (non-hydrogen) atoms. The molecule has 7 heteroatoms. The number of hydrogen-bond donors (Lipinski definition) is 1. The molecule has 0 atom stereocenters. The highest BCUT2D eigenvalue weighted by Crippen LogP contribution is 2.17. The fourth-order valence-corrected chi connectivity index (χ4v) is 3.04. The molecular weight excluding hydrogens is 348 g/mol. The van der Waals surface area contributed by atoms with Crippen LogP contribution >= 0.6 is 11.3 Å². The average molecular weight is 367 g/mol. The van der Waals surface area contributed by atoms with Crippen LogP contribution in [0.1, 0.15) is 33.0 Å². The second kappa shape index (κ2) is 9.27. The summed E-state index contributed by atoms with van der Waals surface area (Å²) in [6, 6.07) is 9.94. The number of carbonyl (C=O) groups excluding carboxylic acids is 2. The topological polar surface area (TPSA) is 55.4 Å². The van der Waals surface area contributed by atoms with Crippen LogP contribution in [0.3, 0.4) is 0 Å². The SMILES string of the molecule is Cc1ccc(C(=O)CCC(=O)NCCc2ccc(OC(F)F)cc2)s1. The van der Waals surface area contributed by atoms with Crippen LogP contribution < -0.4 is 10.1 Å². The van der Waals surface area contributed by atoms with E-state index in [0.29, 0.717) is 17.8 Å². The summed E-state index contributed by atoms with van der Waals surface area (Å²) >= 11 is 1.43. The van der Waals surface area contributed by atoms with Gasteiger partial charge in [-0.25, -0.2) is 0 Å². The molecule has 0 aliphatic carbocycles. The lowest BCUT2D eigenvalue weighted by molar-refractivity contribution is -0.121. The number of rotatable bonds is 9. The highest BCUT2D eigenvalue weighted by atomic mass is 32.1. The summed E-state index contributed by atoms with van der Waals surface area (Å²) in [5.41, 5.74) is 0.895. The van der Waals surface area contributed by atoms with Crippen LogP contribution in [0.15, 0.2) is 36.4 Å². The maximum atomic E-state index is 12.1. The zero-order chi connectivity index (χ0) is 18.2. The van der Waals surface area contributed by atoms with Crippen molar-refractivity contribution in [3.63, 3.8) is 0 Å². The van der Waals surface area contributed by atoms with Gasteiger partial charge in [-0.2, -0.15) is 8.78 Å². The Morgan fingerprint density at radius 2 is 1.84 bits per heavy atom. The first-order valence-electron chi connectivity index (χ1n) is 7.84. The summed E-state index contributed by atoms with van der Waals surface area (Å²) in [5, 5.41) is 2.75. The molecule has 0 unspecified atom stereocenters. The number of halogens is 2. The number of benzene rings is 1. The average Bonchev–Trinajstić information content (AvgIpc) is 3.00. The minimum Gasteiger partial charge on any atom is -0.435 e. The van der Waals surface area contributed by atoms with Gasteiger partial charge in [-0.3, -0.25) is 9.59 Å². The van der Waals surface area contributed by atoms with Crippen molar-refractivity contribution in [3.05, 3.63) is 51.7 Å². The van der Waals surface area contributed by atoms with E-state index in [9.17, 15) is 18.4 Å². The number of ether oxygens (including phenoxy) is 1. The molecule has 134 valence electrons. The van der Waals surface area contributed by atoms with Gasteiger partial charge in [0.2, 0.25) is 5.91 Å². The van der Waals surface area contributed by atoms with Gasteiger partial charge in [0, 0.05) is 24.3 Å². The van der Waals surface area contributed by atoms with Crippen molar-refractivity contribution in [2.24, 2.45) is 0 Å². The first-order chi connectivity index (χ1) is 11.9. The van der Waals surface area contributed by atoms with Crippen LogP contribution in [0, 0.1) is 6.92 Å². The molecule has 1 aromatic carbocycles. The lowest BCUT2D eigenvalue weighted by Crippen LogP contribution is -2.26. The van der Waals surface area contributed by atoms with E-state index in [2.05, 4.69) is 10.1 Å². The van der Waals surface area contributed by atoms with Crippen molar-refractivity contribution in [1.29, 1.82) is 0 Å². The van der Waals surface area contributed by atoms with E-state index < -0.39 is 6.61 Å². The fraction of sp³-hybridized carbons (Fsp3) is 0.333. The van der Waals surface area contributed by atoms with Gasteiger partial charge >= 0.3 is 6.61 Å². The number of hydrogen-bond acceptors (Lipinski definition) is 4. The van der Waals surface area contributed by atoms with Crippen LogP contribution in [-0.2, 0) is 11.2 Å². The standard InChI is InChI=1S/C18H19F2NO3S/c1-12-2-8-16(25-12)15(22)7-9-17(23)21-11-10-13-3-5-14(6-4-13)24-18(19)20/h2-6,8,18H,7,9-11H2,1H3,(H,21,23). The van der Waals surface area contributed by atoms with E-state index in [-0.39, 0.29) is 30.3 Å². The number of Topliss-reactive ketones (excluding diaryl/α,β-unsaturated/α-hetero) is 1. The summed E-state index contributed by atoms with van der Waals surface area (Å²) in [5.74, 6) is -0.104. The molecule has 1 amide bonds. The number of nitrogens with one attached hydrogen (secondary N) is 1. The van der Waals surface area contributed by atoms with E-state index in [0.717, 1.165) is 10.4 Å². The quantitative estimate of drug-likeness (QED) is 0.682. The summed E-state index contributed by atoms with van der Waals surface area (Å²) in [6.07, 6.45) is 0.904. The molecule has 0 fully saturated rings. The molecule has 0 bridgehead atoms. The van der Waals surface area contributed by atoms with E-state index >= 15 is 0 Å². The van der Waals surface area contributed by atoms with Crippen molar-refractivity contribution >= 4 is 23.0 Å². The molecule has 0 saturated carbocycles. The van der Waals surface area contributed by atoms with Gasteiger partial charge in [0.25, 0.3) is 0 Å². The van der Waals surface area contributed by atoms with Crippen LogP contribution in [0.2, 0.25) is 0 Å². The van der Waals surface area contributed by atoms with Gasteiger partial charge in [0.1, 0.15) is 5.75 Å². The number of alkyl halides is 2. The van der Waals surface area contributed by atoms with Crippen molar-refractivity contribution in [2.45, 2.75) is 32.8 Å². The smallest absolute Gasteiger partial charge is 0.387 e. The lowest BCUT2D eigenvalue weighted by Gasteiger charge is -2.07. The monoisotopic (exact) mass is 367 g/mol. The zero-order valence-electron chi connectivity index (χ0n) is 13.8. The molecule has 1 heterocycles. The molecule has 0 spiro atoms.